The molecule has 8 heteroatoms. The zero-order valence-corrected chi connectivity index (χ0v) is 18.4. The van der Waals surface area contributed by atoms with Crippen LogP contribution in [0.5, 0.6) is 0 Å². The molecule has 2 amide bonds. The lowest BCUT2D eigenvalue weighted by Gasteiger charge is -2.44. The number of carboxylic acids is 1. The average Bonchev–Trinajstić information content (AvgIpc) is 3.17. The largest absolute Gasteiger partial charge is 0.479 e. The Labute approximate surface area is 190 Å². The van der Waals surface area contributed by atoms with Gasteiger partial charge in [0, 0.05) is 11.6 Å². The van der Waals surface area contributed by atoms with E-state index in [4.69, 9.17) is 0 Å². The summed E-state index contributed by atoms with van der Waals surface area (Å²) in [5, 5.41) is 12.9. The molecule has 0 unspecified atom stereocenters. The van der Waals surface area contributed by atoms with Crippen molar-refractivity contribution in [1.29, 1.82) is 0 Å². The highest BCUT2D eigenvalue weighted by Gasteiger charge is 2.50. The Morgan fingerprint density at radius 1 is 1.12 bits per heavy atom. The first kappa shape index (κ1) is 22.9. The van der Waals surface area contributed by atoms with Gasteiger partial charge < -0.3 is 15.3 Å². The number of amides is 2. The highest BCUT2D eigenvalue weighted by Crippen LogP contribution is 2.36. The maximum Gasteiger partial charge on any atom is 0.331 e. The van der Waals surface area contributed by atoms with Crippen LogP contribution in [-0.4, -0.2) is 39.9 Å². The van der Waals surface area contributed by atoms with Gasteiger partial charge >= 0.3 is 5.97 Å². The number of benzene rings is 2. The van der Waals surface area contributed by atoms with Crippen LogP contribution in [0, 0.1) is 23.5 Å². The molecule has 3 atom stereocenters. The Morgan fingerprint density at radius 3 is 2.30 bits per heavy atom. The minimum absolute atomic E-state index is 0.0316. The van der Waals surface area contributed by atoms with Gasteiger partial charge in [-0.1, -0.05) is 44.2 Å². The normalized spacial score (nSPS) is 21.8. The van der Waals surface area contributed by atoms with Crippen LogP contribution in [0.2, 0.25) is 0 Å². The number of nitrogens with zero attached hydrogens (tertiary/aromatic N) is 1. The van der Waals surface area contributed by atoms with Gasteiger partial charge in [0.15, 0.2) is 6.04 Å². The summed E-state index contributed by atoms with van der Waals surface area (Å²) in [6.45, 7) is 3.70. The standard InChI is InChI=1S/C25H26F2N2O4/c1-13(2)9-20-23(30)28-21(16-10-14-5-3-4-6-15(14)11-16)24(31)29(20)22(25(32)33)18-8-7-17(26)12-19(18)27/h3-8,12-13,16,20-22H,9-11H2,1-2H3,(H,28,30)(H,32,33)/t20-,21-,22-/m1/s1. The molecule has 0 saturated carbocycles. The fourth-order valence-electron chi connectivity index (χ4n) is 5.00. The van der Waals surface area contributed by atoms with Crippen molar-refractivity contribution < 1.29 is 28.3 Å². The number of aliphatic carboxylic acids is 1. The number of piperazine rings is 1. The fourth-order valence-corrected chi connectivity index (χ4v) is 5.00. The molecule has 33 heavy (non-hydrogen) atoms. The second kappa shape index (κ2) is 8.92. The molecule has 1 aliphatic carbocycles. The van der Waals surface area contributed by atoms with E-state index in [0.29, 0.717) is 18.9 Å². The third kappa shape index (κ3) is 4.34. The lowest BCUT2D eigenvalue weighted by atomic mass is 9.88. The number of fused-ring (bicyclic) bond motifs is 1. The molecular weight excluding hydrogens is 430 g/mol. The molecule has 2 aromatic rings. The molecule has 2 aliphatic rings. The van der Waals surface area contributed by atoms with Gasteiger partial charge in [-0.3, -0.25) is 9.59 Å². The monoisotopic (exact) mass is 456 g/mol. The molecule has 0 radical (unpaired) electrons. The second-order valence-corrected chi connectivity index (χ2v) is 9.22. The summed E-state index contributed by atoms with van der Waals surface area (Å²) in [4.78, 5) is 40.3. The van der Waals surface area contributed by atoms with Crippen molar-refractivity contribution in [3.63, 3.8) is 0 Å². The lowest BCUT2D eigenvalue weighted by molar-refractivity contribution is -0.162. The number of carboxylic acid groups (broad SMARTS) is 1. The number of nitrogens with one attached hydrogen (secondary N) is 1. The summed E-state index contributed by atoms with van der Waals surface area (Å²) in [5.74, 6) is -4.71. The van der Waals surface area contributed by atoms with E-state index in [-0.39, 0.29) is 23.8 Å². The Balaban J connectivity index is 1.74. The number of halogens is 2. The summed E-state index contributed by atoms with van der Waals surface area (Å²) in [6, 6.07) is 6.55. The van der Waals surface area contributed by atoms with E-state index in [1.807, 2.05) is 38.1 Å². The van der Waals surface area contributed by atoms with Crippen LogP contribution in [-0.2, 0) is 27.2 Å². The van der Waals surface area contributed by atoms with Crippen LogP contribution in [0.3, 0.4) is 0 Å². The molecule has 1 heterocycles. The van der Waals surface area contributed by atoms with Gasteiger partial charge in [-0.05, 0) is 48.3 Å². The highest BCUT2D eigenvalue weighted by molar-refractivity contribution is 5.99. The highest BCUT2D eigenvalue weighted by atomic mass is 19.1. The van der Waals surface area contributed by atoms with Gasteiger partial charge in [0.05, 0.1) is 0 Å². The number of carbonyl (C=O) groups is 3. The summed E-state index contributed by atoms with van der Waals surface area (Å²) < 4.78 is 28.2. The van der Waals surface area contributed by atoms with E-state index in [2.05, 4.69) is 5.32 Å². The maximum atomic E-state index is 14.7. The first-order valence-electron chi connectivity index (χ1n) is 11.0. The van der Waals surface area contributed by atoms with Crippen molar-refractivity contribution >= 4 is 17.8 Å². The fraction of sp³-hybridized carbons (Fsp3) is 0.400. The molecule has 2 aromatic carbocycles. The van der Waals surface area contributed by atoms with Crippen LogP contribution >= 0.6 is 0 Å². The van der Waals surface area contributed by atoms with Gasteiger partial charge in [0.1, 0.15) is 23.7 Å². The van der Waals surface area contributed by atoms with Crippen LogP contribution in [0.15, 0.2) is 42.5 Å². The number of hydrogen-bond donors (Lipinski definition) is 2. The van der Waals surface area contributed by atoms with Gasteiger partial charge in [-0.2, -0.15) is 0 Å². The topological polar surface area (TPSA) is 86.7 Å². The van der Waals surface area contributed by atoms with E-state index in [1.165, 1.54) is 0 Å². The molecule has 4 rings (SSSR count). The van der Waals surface area contributed by atoms with Crippen molar-refractivity contribution in [2.75, 3.05) is 0 Å². The van der Waals surface area contributed by atoms with Crippen molar-refractivity contribution in [3.8, 4) is 0 Å². The van der Waals surface area contributed by atoms with E-state index >= 15 is 0 Å². The summed E-state index contributed by atoms with van der Waals surface area (Å²) in [6.07, 6.45) is 1.35. The van der Waals surface area contributed by atoms with E-state index < -0.39 is 47.5 Å². The summed E-state index contributed by atoms with van der Waals surface area (Å²) in [7, 11) is 0. The predicted molar refractivity (Wildman–Crippen MR) is 116 cm³/mol. The predicted octanol–water partition coefficient (Wildman–Crippen LogP) is 3.25. The van der Waals surface area contributed by atoms with Crippen LogP contribution in [0.25, 0.3) is 0 Å². The van der Waals surface area contributed by atoms with Crippen molar-refractivity contribution in [2.24, 2.45) is 11.8 Å². The average molecular weight is 456 g/mol. The molecule has 0 spiro atoms. The SMILES string of the molecule is CC(C)C[C@@H]1C(=O)N[C@H](C2Cc3ccccc3C2)C(=O)N1[C@@H](C(=O)O)c1ccc(F)cc1F. The zero-order chi connectivity index (χ0) is 23.9. The Bertz CT molecular complexity index is 1080. The second-order valence-electron chi connectivity index (χ2n) is 9.22. The molecule has 2 N–H and O–H groups in total. The molecule has 174 valence electrons. The van der Waals surface area contributed by atoms with Crippen molar-refractivity contribution in [3.05, 3.63) is 70.8 Å². The van der Waals surface area contributed by atoms with Crippen LogP contribution in [0.1, 0.15) is 43.0 Å². The molecule has 1 fully saturated rings. The van der Waals surface area contributed by atoms with Gasteiger partial charge in [-0.25, -0.2) is 13.6 Å². The smallest absolute Gasteiger partial charge is 0.331 e. The van der Waals surface area contributed by atoms with E-state index in [1.54, 1.807) is 0 Å². The minimum Gasteiger partial charge on any atom is -0.479 e. The molecular formula is C25H26F2N2O4. The lowest BCUT2D eigenvalue weighted by Crippen LogP contribution is -2.66. The first-order chi connectivity index (χ1) is 15.7. The quantitative estimate of drug-likeness (QED) is 0.699. The van der Waals surface area contributed by atoms with Crippen LogP contribution in [0.4, 0.5) is 8.78 Å². The number of carbonyl (C=O) groups excluding carboxylic acids is 2. The third-order valence-electron chi connectivity index (χ3n) is 6.47. The summed E-state index contributed by atoms with van der Waals surface area (Å²) >= 11 is 0. The Hall–Kier alpha value is -3.29. The van der Waals surface area contributed by atoms with E-state index in [0.717, 1.165) is 28.2 Å². The van der Waals surface area contributed by atoms with E-state index in [9.17, 15) is 28.3 Å². The Morgan fingerprint density at radius 2 is 1.76 bits per heavy atom. The first-order valence-corrected chi connectivity index (χ1v) is 11.0. The molecule has 6 nitrogen and oxygen atoms in total. The zero-order valence-electron chi connectivity index (χ0n) is 18.4. The molecule has 0 bridgehead atoms. The minimum atomic E-state index is -1.75. The Kier molecular flexibility index (Phi) is 6.19. The molecule has 0 aromatic heterocycles. The van der Waals surface area contributed by atoms with Gasteiger partial charge in [0.2, 0.25) is 11.8 Å². The number of rotatable bonds is 6. The third-order valence-corrected chi connectivity index (χ3v) is 6.47. The van der Waals surface area contributed by atoms with Crippen LogP contribution < -0.4 is 5.32 Å². The van der Waals surface area contributed by atoms with Crippen molar-refractivity contribution in [2.45, 2.75) is 51.2 Å². The van der Waals surface area contributed by atoms with Gasteiger partial charge in [-0.15, -0.1) is 0 Å². The molecule has 1 aliphatic heterocycles. The maximum absolute atomic E-state index is 14.7. The van der Waals surface area contributed by atoms with Crippen molar-refractivity contribution in [1.82, 2.24) is 10.2 Å². The summed E-state index contributed by atoms with van der Waals surface area (Å²) in [5.41, 5.74) is 1.81. The van der Waals surface area contributed by atoms with Gasteiger partial charge in [0.25, 0.3) is 0 Å². The number of hydrogen-bond acceptors (Lipinski definition) is 3. The molecule has 1 saturated heterocycles.